The summed E-state index contributed by atoms with van der Waals surface area (Å²) in [5.74, 6) is 1.000. The monoisotopic (exact) mass is 313 g/mol. The highest BCUT2D eigenvalue weighted by Crippen LogP contribution is 2.41. The molecular formula is C15H15N5O3. The Morgan fingerprint density at radius 1 is 1.39 bits per heavy atom. The van der Waals surface area contributed by atoms with Gasteiger partial charge in [0.25, 0.3) is 0 Å². The third-order valence-corrected chi connectivity index (χ3v) is 4.25. The molecule has 8 heteroatoms. The van der Waals surface area contributed by atoms with Gasteiger partial charge in [-0.1, -0.05) is 11.2 Å². The van der Waals surface area contributed by atoms with Crippen molar-refractivity contribution in [3.63, 3.8) is 0 Å². The van der Waals surface area contributed by atoms with Gasteiger partial charge in [0.05, 0.1) is 7.11 Å². The standard InChI is InChI=1S/C15H15N5O3/c1-23-12-7-8(5-6-10(12)21)14-13-9(3-2-4-11(13)22)16-15-17-18-19-20(14)15/h5-7,14,21H,2-4H2,1H3,(H,16,17,19)/t14-/m0/s1. The summed E-state index contributed by atoms with van der Waals surface area (Å²) in [6.07, 6.45) is 2.13. The Bertz CT molecular complexity index is 826. The van der Waals surface area contributed by atoms with Crippen molar-refractivity contribution in [1.82, 2.24) is 20.2 Å². The molecule has 2 aromatic rings. The predicted molar refractivity (Wildman–Crippen MR) is 80.1 cm³/mol. The number of aromatic nitrogens is 4. The van der Waals surface area contributed by atoms with Gasteiger partial charge in [0.2, 0.25) is 5.95 Å². The fourth-order valence-corrected chi connectivity index (χ4v) is 3.19. The van der Waals surface area contributed by atoms with Crippen LogP contribution in [0.15, 0.2) is 29.5 Å². The van der Waals surface area contributed by atoms with E-state index in [0.29, 0.717) is 23.7 Å². The van der Waals surface area contributed by atoms with Crippen LogP contribution in [0.25, 0.3) is 0 Å². The van der Waals surface area contributed by atoms with E-state index in [1.54, 1.807) is 22.9 Å². The fraction of sp³-hybridized carbons (Fsp3) is 0.333. The van der Waals surface area contributed by atoms with Crippen molar-refractivity contribution in [3.8, 4) is 11.5 Å². The molecule has 0 radical (unpaired) electrons. The van der Waals surface area contributed by atoms with Crippen molar-refractivity contribution >= 4 is 11.7 Å². The average Bonchev–Trinajstić information content (AvgIpc) is 3.02. The summed E-state index contributed by atoms with van der Waals surface area (Å²) in [5, 5.41) is 24.7. The second kappa shape index (κ2) is 5.08. The number of rotatable bonds is 2. The van der Waals surface area contributed by atoms with E-state index in [1.807, 2.05) is 0 Å². The number of tetrazole rings is 1. The summed E-state index contributed by atoms with van der Waals surface area (Å²) in [6, 6.07) is 4.60. The zero-order valence-electron chi connectivity index (χ0n) is 12.5. The van der Waals surface area contributed by atoms with Crippen molar-refractivity contribution in [2.45, 2.75) is 25.3 Å². The molecule has 1 aliphatic heterocycles. The van der Waals surface area contributed by atoms with Crippen molar-refractivity contribution in [2.24, 2.45) is 0 Å². The lowest BCUT2D eigenvalue weighted by atomic mass is 9.85. The molecule has 118 valence electrons. The molecule has 0 amide bonds. The van der Waals surface area contributed by atoms with E-state index >= 15 is 0 Å². The van der Waals surface area contributed by atoms with Crippen LogP contribution in [-0.4, -0.2) is 38.2 Å². The molecule has 1 aliphatic carbocycles. The number of nitrogens with one attached hydrogen (secondary N) is 1. The maximum Gasteiger partial charge on any atom is 0.248 e. The normalized spacial score (nSPS) is 19.9. The van der Waals surface area contributed by atoms with Crippen LogP contribution in [0.2, 0.25) is 0 Å². The number of aromatic hydroxyl groups is 1. The highest BCUT2D eigenvalue weighted by molar-refractivity contribution is 5.99. The zero-order valence-corrected chi connectivity index (χ0v) is 12.5. The van der Waals surface area contributed by atoms with Gasteiger partial charge >= 0.3 is 0 Å². The van der Waals surface area contributed by atoms with Crippen LogP contribution in [0, 0.1) is 0 Å². The van der Waals surface area contributed by atoms with Crippen LogP contribution in [0.4, 0.5) is 5.95 Å². The summed E-state index contributed by atoms with van der Waals surface area (Å²) in [5.41, 5.74) is 2.35. The smallest absolute Gasteiger partial charge is 0.248 e. The summed E-state index contributed by atoms with van der Waals surface area (Å²) < 4.78 is 6.77. The molecule has 1 atom stereocenters. The van der Waals surface area contributed by atoms with Gasteiger partial charge in [-0.25, -0.2) is 0 Å². The maximum absolute atomic E-state index is 12.5. The van der Waals surface area contributed by atoms with Crippen LogP contribution >= 0.6 is 0 Å². The Morgan fingerprint density at radius 3 is 3.09 bits per heavy atom. The van der Waals surface area contributed by atoms with Crippen LogP contribution in [-0.2, 0) is 4.79 Å². The van der Waals surface area contributed by atoms with E-state index in [0.717, 1.165) is 24.1 Å². The second-order valence-electron chi connectivity index (χ2n) is 5.57. The molecule has 2 aliphatic rings. The van der Waals surface area contributed by atoms with Gasteiger partial charge in [0.1, 0.15) is 6.04 Å². The lowest BCUT2D eigenvalue weighted by Crippen LogP contribution is -2.31. The van der Waals surface area contributed by atoms with E-state index < -0.39 is 6.04 Å². The first-order chi connectivity index (χ1) is 11.2. The molecule has 8 nitrogen and oxygen atoms in total. The summed E-state index contributed by atoms with van der Waals surface area (Å²) in [7, 11) is 1.49. The van der Waals surface area contributed by atoms with Crippen LogP contribution in [0.5, 0.6) is 11.5 Å². The van der Waals surface area contributed by atoms with E-state index in [1.165, 1.54) is 7.11 Å². The molecule has 1 aromatic heterocycles. The number of carbonyl (C=O) groups is 1. The molecule has 0 spiro atoms. The molecule has 0 fully saturated rings. The summed E-state index contributed by atoms with van der Waals surface area (Å²) in [6.45, 7) is 0. The third kappa shape index (κ3) is 2.06. The lowest BCUT2D eigenvalue weighted by molar-refractivity contribution is -0.116. The number of ketones is 1. The first-order valence-electron chi connectivity index (χ1n) is 7.37. The number of phenolic OH excluding ortho intramolecular Hbond substituents is 1. The maximum atomic E-state index is 12.5. The first-order valence-corrected chi connectivity index (χ1v) is 7.37. The Balaban J connectivity index is 1.91. The van der Waals surface area contributed by atoms with Crippen LogP contribution in [0.3, 0.4) is 0 Å². The van der Waals surface area contributed by atoms with Crippen molar-refractivity contribution in [2.75, 3.05) is 12.4 Å². The van der Waals surface area contributed by atoms with Gasteiger partial charge in [-0.3, -0.25) is 4.79 Å². The van der Waals surface area contributed by atoms with Gasteiger partial charge in [-0.2, -0.15) is 4.68 Å². The largest absolute Gasteiger partial charge is 0.504 e. The highest BCUT2D eigenvalue weighted by atomic mass is 16.5. The fourth-order valence-electron chi connectivity index (χ4n) is 3.19. The van der Waals surface area contributed by atoms with E-state index in [2.05, 4.69) is 20.8 Å². The van der Waals surface area contributed by atoms with E-state index in [4.69, 9.17) is 4.74 Å². The van der Waals surface area contributed by atoms with Gasteiger partial charge in [-0.05, 0) is 41.0 Å². The predicted octanol–water partition coefficient (Wildman–Crippen LogP) is 1.41. The summed E-state index contributed by atoms with van der Waals surface area (Å²) in [4.78, 5) is 12.5. The molecular weight excluding hydrogens is 298 g/mol. The number of methoxy groups -OCH3 is 1. The van der Waals surface area contributed by atoms with Crippen molar-refractivity contribution in [3.05, 3.63) is 35.0 Å². The number of anilines is 1. The number of phenols is 1. The van der Waals surface area contributed by atoms with Gasteiger partial charge < -0.3 is 15.2 Å². The molecule has 4 rings (SSSR count). The Hall–Kier alpha value is -2.90. The quantitative estimate of drug-likeness (QED) is 0.864. The second-order valence-corrected chi connectivity index (χ2v) is 5.57. The minimum atomic E-state index is -0.418. The minimum Gasteiger partial charge on any atom is -0.504 e. The zero-order chi connectivity index (χ0) is 16.0. The van der Waals surface area contributed by atoms with E-state index in [-0.39, 0.29) is 11.5 Å². The highest BCUT2D eigenvalue weighted by Gasteiger charge is 2.36. The average molecular weight is 313 g/mol. The van der Waals surface area contributed by atoms with E-state index in [9.17, 15) is 9.90 Å². The number of allylic oxidation sites excluding steroid dienone is 2. The SMILES string of the molecule is COc1cc([C@H]2C3=C(CCCC3=O)Nc3nnnn32)ccc1O. The number of benzene rings is 1. The number of hydrogen-bond donors (Lipinski definition) is 2. The number of carbonyl (C=O) groups excluding carboxylic acids is 1. The first kappa shape index (κ1) is 13.7. The number of Topliss-reactive ketones (excluding diaryl/α,β-unsaturated/α-hetero) is 1. The molecule has 2 heterocycles. The van der Waals surface area contributed by atoms with Crippen molar-refractivity contribution in [1.29, 1.82) is 0 Å². The van der Waals surface area contributed by atoms with Gasteiger partial charge in [-0.15, -0.1) is 0 Å². The van der Waals surface area contributed by atoms with Crippen LogP contribution < -0.4 is 10.1 Å². The number of hydrogen-bond acceptors (Lipinski definition) is 7. The third-order valence-electron chi connectivity index (χ3n) is 4.25. The Kier molecular flexibility index (Phi) is 3.03. The molecule has 1 aromatic carbocycles. The van der Waals surface area contributed by atoms with Gasteiger partial charge in [0, 0.05) is 17.7 Å². The molecule has 0 saturated carbocycles. The number of ether oxygens (including phenoxy) is 1. The van der Waals surface area contributed by atoms with Crippen LogP contribution in [0.1, 0.15) is 30.9 Å². The van der Waals surface area contributed by atoms with Gasteiger partial charge in [0.15, 0.2) is 17.3 Å². The number of nitrogens with zero attached hydrogens (tertiary/aromatic N) is 4. The number of fused-ring (bicyclic) bond motifs is 1. The molecule has 0 bridgehead atoms. The molecule has 0 saturated heterocycles. The molecule has 23 heavy (non-hydrogen) atoms. The topological polar surface area (TPSA) is 102 Å². The van der Waals surface area contributed by atoms with Crippen molar-refractivity contribution < 1.29 is 14.6 Å². The molecule has 0 unspecified atom stereocenters. The molecule has 2 N–H and O–H groups in total. The Morgan fingerprint density at radius 2 is 2.26 bits per heavy atom. The minimum absolute atomic E-state index is 0.0475. The lowest BCUT2D eigenvalue weighted by Gasteiger charge is -2.31. The Labute approximate surface area is 131 Å². The summed E-state index contributed by atoms with van der Waals surface area (Å²) >= 11 is 0.